The van der Waals surface area contributed by atoms with Crippen LogP contribution in [-0.4, -0.2) is 45.9 Å². The van der Waals surface area contributed by atoms with Crippen LogP contribution in [0.5, 0.6) is 0 Å². The number of thioether (sulfide) groups is 1. The molecule has 6 heteroatoms. The fraction of sp³-hybridized carbons (Fsp3) is 0.750. The number of aliphatic imine (C=N–C) groups is 1. The number of ether oxygens (including phenoxy) is 1. The van der Waals surface area contributed by atoms with Crippen molar-refractivity contribution in [2.24, 2.45) is 10.7 Å². The topological polar surface area (TPSA) is 88.1 Å². The van der Waals surface area contributed by atoms with E-state index in [0.717, 1.165) is 12.2 Å². The number of nitrogens with two attached hydrogens (primary N) is 1. The maximum atomic E-state index is 9.35. The van der Waals surface area contributed by atoms with E-state index in [2.05, 4.69) is 4.99 Å². The second-order valence-corrected chi connectivity index (χ2v) is 5.50. The molecule has 5 nitrogen and oxygen atoms in total. The van der Waals surface area contributed by atoms with Crippen LogP contribution in [0, 0.1) is 0 Å². The molecule has 0 bridgehead atoms. The minimum absolute atomic E-state index is 0.328. The Morgan fingerprint density at radius 1 is 1.56 bits per heavy atom. The van der Waals surface area contributed by atoms with Crippen molar-refractivity contribution in [3.63, 3.8) is 0 Å². The van der Waals surface area contributed by atoms with Gasteiger partial charge >= 0.3 is 0 Å². The Kier molecular flexibility index (Phi) is 5.49. The summed E-state index contributed by atoms with van der Waals surface area (Å²) >= 11 is 1.65. The van der Waals surface area contributed by atoms with Gasteiger partial charge in [0.05, 0.1) is 5.71 Å². The van der Waals surface area contributed by atoms with E-state index in [1.54, 1.807) is 17.8 Å². The first-order chi connectivity index (χ1) is 8.42. The van der Waals surface area contributed by atoms with Crippen molar-refractivity contribution < 1.29 is 14.9 Å². The molecule has 0 radical (unpaired) electrons. The van der Waals surface area contributed by atoms with Crippen LogP contribution in [0.3, 0.4) is 0 Å². The predicted molar refractivity (Wildman–Crippen MR) is 74.5 cm³/mol. The molecule has 0 saturated heterocycles. The van der Waals surface area contributed by atoms with Gasteiger partial charge < -0.3 is 20.7 Å². The number of hydrogen-bond donors (Lipinski definition) is 3. The smallest absolute Gasteiger partial charge is 0.187 e. The molecular formula is C12H22N2O3S. The standard InChI is InChI=1S/C12H22N2O3S/c1-4-12(2)9(7-10(13)17-12)14-8(11(15)16)5-6-18-3/h7-8,11,15-16H,4-6,13H2,1-3H3. The zero-order valence-electron chi connectivity index (χ0n) is 11.1. The lowest BCUT2D eigenvalue weighted by Gasteiger charge is -2.25. The van der Waals surface area contributed by atoms with E-state index in [4.69, 9.17) is 10.5 Å². The van der Waals surface area contributed by atoms with E-state index in [1.807, 2.05) is 20.1 Å². The van der Waals surface area contributed by atoms with Crippen LogP contribution in [0.15, 0.2) is 17.0 Å². The van der Waals surface area contributed by atoms with E-state index in [-0.39, 0.29) is 0 Å². The summed E-state index contributed by atoms with van der Waals surface area (Å²) in [5.41, 5.74) is 5.78. The van der Waals surface area contributed by atoms with Gasteiger partial charge in [-0.3, -0.25) is 4.99 Å². The van der Waals surface area contributed by atoms with Crippen molar-refractivity contribution in [2.75, 3.05) is 12.0 Å². The molecule has 1 aliphatic rings. The average Bonchev–Trinajstić information content (AvgIpc) is 2.59. The zero-order valence-corrected chi connectivity index (χ0v) is 11.9. The number of aliphatic hydroxyl groups is 2. The highest BCUT2D eigenvalue weighted by atomic mass is 32.2. The van der Waals surface area contributed by atoms with Crippen LogP contribution < -0.4 is 5.73 Å². The van der Waals surface area contributed by atoms with Gasteiger partial charge in [-0.1, -0.05) is 6.92 Å². The first-order valence-corrected chi connectivity index (χ1v) is 7.42. The van der Waals surface area contributed by atoms with Crippen molar-refractivity contribution in [1.29, 1.82) is 0 Å². The Morgan fingerprint density at radius 2 is 2.22 bits per heavy atom. The molecule has 0 aliphatic carbocycles. The fourth-order valence-corrected chi connectivity index (χ4v) is 2.23. The second kappa shape index (κ2) is 6.45. The van der Waals surface area contributed by atoms with Crippen LogP contribution >= 0.6 is 11.8 Å². The molecule has 0 aromatic carbocycles. The SMILES string of the molecule is CCC1(C)OC(N)=CC1=NC(CCSC)C(O)O. The lowest BCUT2D eigenvalue weighted by atomic mass is 9.97. The third-order valence-electron chi connectivity index (χ3n) is 3.11. The van der Waals surface area contributed by atoms with E-state index < -0.39 is 17.9 Å². The Morgan fingerprint density at radius 3 is 2.72 bits per heavy atom. The van der Waals surface area contributed by atoms with E-state index >= 15 is 0 Å². The monoisotopic (exact) mass is 274 g/mol. The highest BCUT2D eigenvalue weighted by molar-refractivity contribution is 7.98. The molecule has 1 rings (SSSR count). The summed E-state index contributed by atoms with van der Waals surface area (Å²) in [6.07, 6.45) is 3.51. The van der Waals surface area contributed by atoms with Crippen molar-refractivity contribution in [3.05, 3.63) is 12.0 Å². The lowest BCUT2D eigenvalue weighted by Crippen LogP contribution is -2.35. The first-order valence-electron chi connectivity index (χ1n) is 6.02. The predicted octanol–water partition coefficient (Wildman–Crippen LogP) is 0.859. The Balaban J connectivity index is 2.89. The molecule has 4 N–H and O–H groups in total. The van der Waals surface area contributed by atoms with Gasteiger partial charge in [-0.05, 0) is 31.8 Å². The molecule has 0 aromatic rings. The molecule has 104 valence electrons. The largest absolute Gasteiger partial charge is 0.467 e. The Bertz CT molecular complexity index is 344. The number of rotatable bonds is 6. The number of nitrogens with zero attached hydrogens (tertiary/aromatic N) is 1. The van der Waals surface area contributed by atoms with Crippen molar-refractivity contribution in [1.82, 2.24) is 0 Å². The molecule has 18 heavy (non-hydrogen) atoms. The molecule has 2 atom stereocenters. The van der Waals surface area contributed by atoms with Gasteiger partial charge in [-0.15, -0.1) is 0 Å². The quantitative estimate of drug-likeness (QED) is 0.625. The van der Waals surface area contributed by atoms with Crippen molar-refractivity contribution >= 4 is 17.5 Å². The van der Waals surface area contributed by atoms with Crippen LogP contribution in [0.2, 0.25) is 0 Å². The normalized spacial score (nSPS) is 27.4. The molecule has 0 spiro atoms. The molecule has 0 amide bonds. The van der Waals surface area contributed by atoms with E-state index in [9.17, 15) is 10.2 Å². The average molecular weight is 274 g/mol. The van der Waals surface area contributed by atoms with Crippen LogP contribution in [0.1, 0.15) is 26.7 Å². The minimum atomic E-state index is -1.46. The number of aliphatic hydroxyl groups excluding tert-OH is 1. The van der Waals surface area contributed by atoms with E-state index in [1.165, 1.54) is 0 Å². The summed E-state index contributed by atoms with van der Waals surface area (Å²) < 4.78 is 5.54. The summed E-state index contributed by atoms with van der Waals surface area (Å²) in [7, 11) is 0. The maximum Gasteiger partial charge on any atom is 0.187 e. The van der Waals surface area contributed by atoms with Crippen LogP contribution in [0.25, 0.3) is 0 Å². The van der Waals surface area contributed by atoms with Gasteiger partial charge in [0.2, 0.25) is 0 Å². The van der Waals surface area contributed by atoms with Gasteiger partial charge in [0.15, 0.2) is 12.2 Å². The van der Waals surface area contributed by atoms with Crippen LogP contribution in [-0.2, 0) is 4.74 Å². The van der Waals surface area contributed by atoms with Gasteiger partial charge in [0.25, 0.3) is 0 Å². The molecule has 0 saturated carbocycles. The molecule has 0 aromatic heterocycles. The van der Waals surface area contributed by atoms with Gasteiger partial charge in [-0.2, -0.15) is 11.8 Å². The summed E-state index contributed by atoms with van der Waals surface area (Å²) in [5, 5.41) is 18.7. The fourth-order valence-electron chi connectivity index (χ4n) is 1.75. The minimum Gasteiger partial charge on any atom is -0.467 e. The first kappa shape index (κ1) is 15.3. The highest BCUT2D eigenvalue weighted by Gasteiger charge is 2.36. The van der Waals surface area contributed by atoms with Crippen LogP contribution in [0.4, 0.5) is 0 Å². The van der Waals surface area contributed by atoms with Crippen molar-refractivity contribution in [3.8, 4) is 0 Å². The summed E-state index contributed by atoms with van der Waals surface area (Å²) in [6, 6.07) is -0.538. The maximum absolute atomic E-state index is 9.35. The Labute approximate surface area is 112 Å². The second-order valence-electron chi connectivity index (χ2n) is 4.51. The summed E-state index contributed by atoms with van der Waals surface area (Å²) in [6.45, 7) is 3.88. The Hall–Kier alpha value is -0.720. The third kappa shape index (κ3) is 3.63. The van der Waals surface area contributed by atoms with Gasteiger partial charge in [0, 0.05) is 6.08 Å². The highest BCUT2D eigenvalue weighted by Crippen LogP contribution is 2.27. The molecule has 2 unspecified atom stereocenters. The zero-order chi connectivity index (χ0) is 13.8. The van der Waals surface area contributed by atoms with Crippen molar-refractivity contribution in [2.45, 2.75) is 44.6 Å². The third-order valence-corrected chi connectivity index (χ3v) is 3.75. The summed E-state index contributed by atoms with van der Waals surface area (Å²) in [4.78, 5) is 4.41. The molecular weight excluding hydrogens is 252 g/mol. The number of hydrogen-bond acceptors (Lipinski definition) is 6. The van der Waals surface area contributed by atoms with Gasteiger partial charge in [0.1, 0.15) is 11.6 Å². The van der Waals surface area contributed by atoms with E-state index in [0.29, 0.717) is 18.0 Å². The summed E-state index contributed by atoms with van der Waals surface area (Å²) in [5.74, 6) is 1.15. The molecule has 1 aliphatic heterocycles. The molecule has 0 fully saturated rings. The van der Waals surface area contributed by atoms with Gasteiger partial charge in [-0.25, -0.2) is 0 Å². The molecule has 1 heterocycles. The lowest BCUT2D eigenvalue weighted by molar-refractivity contribution is -0.0579.